The number of hydrogen-bond acceptors (Lipinski definition) is 2. The smallest absolute Gasteiger partial charge is 0.191 e. The van der Waals surface area contributed by atoms with E-state index in [1.807, 2.05) is 7.05 Å². The molecule has 0 aromatic heterocycles. The van der Waals surface area contributed by atoms with Crippen LogP contribution in [0.2, 0.25) is 0 Å². The molecule has 2 unspecified atom stereocenters. The Balaban J connectivity index is 0.00000200. The Morgan fingerprint density at radius 3 is 2.65 bits per heavy atom. The first-order valence-corrected chi connectivity index (χ1v) is 7.70. The molecule has 2 N–H and O–H groups in total. The number of hydrogen-bond donors (Lipinski definition) is 2. The van der Waals surface area contributed by atoms with Gasteiger partial charge in [-0.25, -0.2) is 0 Å². The third-order valence-corrected chi connectivity index (χ3v) is 4.51. The average Bonchev–Trinajstić information content (AvgIpc) is 2.41. The van der Waals surface area contributed by atoms with Gasteiger partial charge >= 0.3 is 0 Å². The number of halogens is 1. The number of aliphatic imine (C=N–C) groups is 1. The van der Waals surface area contributed by atoms with Crippen molar-refractivity contribution in [1.82, 2.24) is 10.6 Å². The third kappa shape index (κ3) is 5.06. The molecule has 1 aliphatic heterocycles. The lowest BCUT2D eigenvalue weighted by Gasteiger charge is -2.39. The van der Waals surface area contributed by atoms with E-state index in [4.69, 9.17) is 4.74 Å². The van der Waals surface area contributed by atoms with E-state index < -0.39 is 0 Å². The number of ether oxygens (including phenoxy) is 1. The molecule has 1 saturated heterocycles. The summed E-state index contributed by atoms with van der Waals surface area (Å²) in [5.41, 5.74) is 0.288. The minimum atomic E-state index is 0. The highest BCUT2D eigenvalue weighted by molar-refractivity contribution is 14.0. The average molecular weight is 395 g/mol. The molecule has 118 valence electrons. The highest BCUT2D eigenvalue weighted by atomic mass is 127. The zero-order valence-corrected chi connectivity index (χ0v) is 15.4. The van der Waals surface area contributed by atoms with Gasteiger partial charge < -0.3 is 15.4 Å². The molecule has 1 aliphatic carbocycles. The number of rotatable bonds is 4. The zero-order valence-electron chi connectivity index (χ0n) is 13.1. The normalized spacial score (nSPS) is 29.1. The Kier molecular flexibility index (Phi) is 7.58. The molecule has 2 atom stereocenters. The van der Waals surface area contributed by atoms with Crippen molar-refractivity contribution in [3.63, 3.8) is 0 Å². The van der Waals surface area contributed by atoms with E-state index in [-0.39, 0.29) is 29.4 Å². The second-order valence-corrected chi connectivity index (χ2v) is 6.51. The van der Waals surface area contributed by atoms with Crippen LogP contribution in [0.15, 0.2) is 4.99 Å². The third-order valence-electron chi connectivity index (χ3n) is 4.51. The summed E-state index contributed by atoms with van der Waals surface area (Å²) in [5, 5.41) is 7.04. The molecule has 0 bridgehead atoms. The quantitative estimate of drug-likeness (QED) is 0.437. The maximum absolute atomic E-state index is 5.28. The first kappa shape index (κ1) is 18.0. The minimum Gasteiger partial charge on any atom is -0.380 e. The van der Waals surface area contributed by atoms with Gasteiger partial charge in [-0.1, -0.05) is 33.1 Å². The lowest BCUT2D eigenvalue weighted by atomic mass is 9.84. The van der Waals surface area contributed by atoms with Crippen LogP contribution in [0.5, 0.6) is 0 Å². The molecule has 4 nitrogen and oxygen atoms in total. The molecular weight excluding hydrogens is 365 g/mol. The molecule has 0 radical (unpaired) electrons. The van der Waals surface area contributed by atoms with Gasteiger partial charge in [-0.15, -0.1) is 24.0 Å². The molecule has 0 aromatic carbocycles. The molecule has 0 amide bonds. The predicted octanol–water partition coefficient (Wildman–Crippen LogP) is 2.77. The topological polar surface area (TPSA) is 45.7 Å². The standard InChI is InChI=1S/C15H29N3O.HI/c1-4-12-6-5-7-13(8-12)18-14(16-3)17-9-15(2)10-19-11-15;/h12-13H,4-11H2,1-3H3,(H2,16,17,18);1H. The lowest BCUT2D eigenvalue weighted by molar-refractivity contribution is -0.0971. The molecule has 2 fully saturated rings. The largest absolute Gasteiger partial charge is 0.380 e. The Bertz CT molecular complexity index is 318. The second-order valence-electron chi connectivity index (χ2n) is 6.51. The summed E-state index contributed by atoms with van der Waals surface area (Å²) in [7, 11) is 1.86. The highest BCUT2D eigenvalue weighted by Gasteiger charge is 2.33. The van der Waals surface area contributed by atoms with Gasteiger partial charge in [0.1, 0.15) is 0 Å². The number of nitrogens with zero attached hydrogens (tertiary/aromatic N) is 1. The van der Waals surface area contributed by atoms with E-state index in [0.29, 0.717) is 6.04 Å². The van der Waals surface area contributed by atoms with Gasteiger partial charge in [-0.05, 0) is 18.8 Å². The molecule has 0 spiro atoms. The second kappa shape index (κ2) is 8.41. The van der Waals surface area contributed by atoms with E-state index in [1.165, 1.54) is 32.1 Å². The number of guanidine groups is 1. The van der Waals surface area contributed by atoms with Crippen molar-refractivity contribution in [3.8, 4) is 0 Å². The fourth-order valence-electron chi connectivity index (χ4n) is 3.03. The lowest BCUT2D eigenvalue weighted by Crippen LogP contribution is -2.52. The molecule has 0 aromatic rings. The van der Waals surface area contributed by atoms with Crippen LogP contribution < -0.4 is 10.6 Å². The maximum atomic E-state index is 5.28. The van der Waals surface area contributed by atoms with Gasteiger partial charge in [0.25, 0.3) is 0 Å². The van der Waals surface area contributed by atoms with Crippen LogP contribution >= 0.6 is 24.0 Å². The summed E-state index contributed by atoms with van der Waals surface area (Å²) in [6, 6.07) is 0.593. The molecule has 20 heavy (non-hydrogen) atoms. The summed E-state index contributed by atoms with van der Waals surface area (Å²) >= 11 is 0. The monoisotopic (exact) mass is 395 g/mol. The first-order chi connectivity index (χ1) is 9.15. The molecule has 2 aliphatic rings. The minimum absolute atomic E-state index is 0. The van der Waals surface area contributed by atoms with Crippen molar-refractivity contribution in [1.29, 1.82) is 0 Å². The molecule has 2 rings (SSSR count). The van der Waals surface area contributed by atoms with Gasteiger partial charge in [0, 0.05) is 25.0 Å². The SMILES string of the molecule is CCC1CCCC(NC(=NC)NCC2(C)COC2)C1.I. The molecule has 5 heteroatoms. The molecular formula is C15H30IN3O. The van der Waals surface area contributed by atoms with Crippen molar-refractivity contribution in [2.45, 2.75) is 52.0 Å². The summed E-state index contributed by atoms with van der Waals surface area (Å²) in [6.45, 7) is 7.22. The fraction of sp³-hybridized carbons (Fsp3) is 0.933. The van der Waals surface area contributed by atoms with Crippen molar-refractivity contribution in [3.05, 3.63) is 0 Å². The summed E-state index contributed by atoms with van der Waals surface area (Å²) in [4.78, 5) is 4.35. The van der Waals surface area contributed by atoms with E-state index >= 15 is 0 Å². The zero-order chi connectivity index (χ0) is 13.7. The van der Waals surface area contributed by atoms with Crippen molar-refractivity contribution in [2.75, 3.05) is 26.8 Å². The Morgan fingerprint density at radius 1 is 1.35 bits per heavy atom. The van der Waals surface area contributed by atoms with Gasteiger partial charge in [0.2, 0.25) is 0 Å². The van der Waals surface area contributed by atoms with Crippen LogP contribution in [0.1, 0.15) is 46.0 Å². The van der Waals surface area contributed by atoms with E-state index in [9.17, 15) is 0 Å². The Hall–Kier alpha value is -0.0400. The summed E-state index contributed by atoms with van der Waals surface area (Å²) in [5.74, 6) is 1.84. The van der Waals surface area contributed by atoms with Crippen LogP contribution in [-0.2, 0) is 4.74 Å². The van der Waals surface area contributed by atoms with Crippen molar-refractivity contribution >= 4 is 29.9 Å². The van der Waals surface area contributed by atoms with Gasteiger partial charge in [-0.2, -0.15) is 0 Å². The van der Waals surface area contributed by atoms with E-state index in [1.54, 1.807) is 0 Å². The summed E-state index contributed by atoms with van der Waals surface area (Å²) in [6.07, 6.45) is 6.61. The van der Waals surface area contributed by atoms with Gasteiger partial charge in [0.05, 0.1) is 13.2 Å². The molecule has 1 heterocycles. The van der Waals surface area contributed by atoms with Gasteiger partial charge in [0.15, 0.2) is 5.96 Å². The van der Waals surface area contributed by atoms with Crippen LogP contribution in [0.3, 0.4) is 0 Å². The predicted molar refractivity (Wildman–Crippen MR) is 94.9 cm³/mol. The number of nitrogens with one attached hydrogen (secondary N) is 2. The first-order valence-electron chi connectivity index (χ1n) is 7.70. The van der Waals surface area contributed by atoms with Gasteiger partial charge in [-0.3, -0.25) is 4.99 Å². The van der Waals surface area contributed by atoms with Crippen LogP contribution in [-0.4, -0.2) is 38.8 Å². The highest BCUT2D eigenvalue weighted by Crippen LogP contribution is 2.27. The van der Waals surface area contributed by atoms with Crippen LogP contribution in [0.25, 0.3) is 0 Å². The van der Waals surface area contributed by atoms with E-state index in [0.717, 1.165) is 31.6 Å². The fourth-order valence-corrected chi connectivity index (χ4v) is 3.03. The molecule has 1 saturated carbocycles. The van der Waals surface area contributed by atoms with E-state index in [2.05, 4.69) is 29.5 Å². The Labute approximate surface area is 140 Å². The maximum Gasteiger partial charge on any atom is 0.191 e. The van der Waals surface area contributed by atoms with Crippen LogP contribution in [0.4, 0.5) is 0 Å². The van der Waals surface area contributed by atoms with Crippen LogP contribution in [0, 0.1) is 11.3 Å². The van der Waals surface area contributed by atoms with Crippen molar-refractivity contribution < 1.29 is 4.74 Å². The Morgan fingerprint density at radius 2 is 2.10 bits per heavy atom. The summed E-state index contributed by atoms with van der Waals surface area (Å²) < 4.78 is 5.28. The van der Waals surface area contributed by atoms with Crippen molar-refractivity contribution in [2.24, 2.45) is 16.3 Å².